The highest BCUT2D eigenvalue weighted by molar-refractivity contribution is 5.71. The topological polar surface area (TPSA) is 75.6 Å². The van der Waals surface area contributed by atoms with Crippen molar-refractivity contribution in [3.63, 3.8) is 0 Å². The van der Waals surface area contributed by atoms with Crippen LogP contribution in [0, 0.1) is 0 Å². The SMILES string of the molecule is C=CCC(CC(=O)O)NC(=O)OC(C)(C)C. The Bertz CT molecular complexity index is 268. The molecule has 2 N–H and O–H groups in total. The average molecular weight is 229 g/mol. The quantitative estimate of drug-likeness (QED) is 0.706. The van der Waals surface area contributed by atoms with Gasteiger partial charge >= 0.3 is 12.1 Å². The largest absolute Gasteiger partial charge is 0.481 e. The number of carboxylic acids is 1. The van der Waals surface area contributed by atoms with Crippen LogP contribution in [0.2, 0.25) is 0 Å². The molecule has 1 atom stereocenters. The first-order valence-corrected chi connectivity index (χ1v) is 5.07. The summed E-state index contributed by atoms with van der Waals surface area (Å²) in [6, 6.07) is -0.482. The van der Waals surface area contributed by atoms with E-state index in [9.17, 15) is 9.59 Å². The Kier molecular flexibility index (Phi) is 5.56. The van der Waals surface area contributed by atoms with Gasteiger partial charge < -0.3 is 15.2 Å². The molecular weight excluding hydrogens is 210 g/mol. The van der Waals surface area contributed by atoms with E-state index >= 15 is 0 Å². The fourth-order valence-corrected chi connectivity index (χ4v) is 1.08. The normalized spacial score (nSPS) is 12.7. The number of alkyl carbamates (subject to hydrolysis) is 1. The lowest BCUT2D eigenvalue weighted by molar-refractivity contribution is -0.137. The van der Waals surface area contributed by atoms with E-state index in [0.717, 1.165) is 0 Å². The van der Waals surface area contributed by atoms with Gasteiger partial charge in [-0.25, -0.2) is 4.79 Å². The van der Waals surface area contributed by atoms with Crippen LogP contribution in [-0.4, -0.2) is 28.8 Å². The summed E-state index contributed by atoms with van der Waals surface area (Å²) >= 11 is 0. The first-order chi connectivity index (χ1) is 7.24. The molecule has 5 nitrogen and oxygen atoms in total. The standard InChI is InChI=1S/C11H19NO4/c1-5-6-8(7-9(13)14)12-10(15)16-11(2,3)4/h5,8H,1,6-7H2,2-4H3,(H,12,15)(H,13,14). The van der Waals surface area contributed by atoms with Crippen molar-refractivity contribution in [3.05, 3.63) is 12.7 Å². The summed E-state index contributed by atoms with van der Waals surface area (Å²) in [5.74, 6) is -0.970. The molecule has 0 saturated heterocycles. The van der Waals surface area contributed by atoms with Gasteiger partial charge in [-0.1, -0.05) is 6.08 Å². The monoisotopic (exact) mass is 229 g/mol. The third-order valence-corrected chi connectivity index (χ3v) is 1.59. The van der Waals surface area contributed by atoms with Crippen molar-refractivity contribution in [1.29, 1.82) is 0 Å². The van der Waals surface area contributed by atoms with Crippen LogP contribution in [0.4, 0.5) is 4.79 Å². The third kappa shape index (κ3) is 7.84. The van der Waals surface area contributed by atoms with Crippen molar-refractivity contribution in [1.82, 2.24) is 5.32 Å². The summed E-state index contributed by atoms with van der Waals surface area (Å²) in [5.41, 5.74) is -0.591. The van der Waals surface area contributed by atoms with Gasteiger partial charge in [0.1, 0.15) is 5.60 Å². The van der Waals surface area contributed by atoms with Gasteiger partial charge in [-0.2, -0.15) is 0 Å². The van der Waals surface area contributed by atoms with Crippen molar-refractivity contribution in [2.24, 2.45) is 0 Å². The number of aliphatic carboxylic acids is 1. The summed E-state index contributed by atoms with van der Waals surface area (Å²) in [7, 11) is 0. The Hall–Kier alpha value is -1.52. The van der Waals surface area contributed by atoms with Gasteiger partial charge in [0.15, 0.2) is 0 Å². The second-order valence-electron chi connectivity index (χ2n) is 4.47. The molecule has 0 spiro atoms. The van der Waals surface area contributed by atoms with Crippen LogP contribution in [0.5, 0.6) is 0 Å². The number of rotatable bonds is 5. The van der Waals surface area contributed by atoms with Crippen molar-refractivity contribution >= 4 is 12.1 Å². The summed E-state index contributed by atoms with van der Waals surface area (Å²) in [5, 5.41) is 11.1. The van der Waals surface area contributed by atoms with E-state index in [1.807, 2.05) is 0 Å². The molecule has 0 saturated carbocycles. The van der Waals surface area contributed by atoms with Crippen LogP contribution in [0.25, 0.3) is 0 Å². The predicted molar refractivity (Wildman–Crippen MR) is 60.2 cm³/mol. The van der Waals surface area contributed by atoms with Crippen molar-refractivity contribution in [2.45, 2.75) is 45.3 Å². The minimum Gasteiger partial charge on any atom is -0.481 e. The number of carbonyl (C=O) groups is 2. The molecule has 0 aromatic heterocycles. The molecule has 0 aliphatic heterocycles. The highest BCUT2D eigenvalue weighted by atomic mass is 16.6. The van der Waals surface area contributed by atoms with Crippen molar-refractivity contribution in [2.75, 3.05) is 0 Å². The number of carbonyl (C=O) groups excluding carboxylic acids is 1. The van der Waals surface area contributed by atoms with E-state index in [0.29, 0.717) is 6.42 Å². The molecule has 0 rings (SSSR count). The number of hydrogen-bond donors (Lipinski definition) is 2. The van der Waals surface area contributed by atoms with Gasteiger partial charge in [-0.15, -0.1) is 6.58 Å². The van der Waals surface area contributed by atoms with Gasteiger partial charge in [-0.3, -0.25) is 4.79 Å². The highest BCUT2D eigenvalue weighted by Gasteiger charge is 2.20. The first-order valence-electron chi connectivity index (χ1n) is 5.07. The summed E-state index contributed by atoms with van der Waals surface area (Å²) in [6.07, 6.45) is 1.20. The van der Waals surface area contributed by atoms with E-state index in [1.54, 1.807) is 26.8 Å². The Morgan fingerprint density at radius 2 is 2.06 bits per heavy atom. The molecule has 92 valence electrons. The Labute approximate surface area is 95.5 Å². The minimum atomic E-state index is -0.970. The molecule has 16 heavy (non-hydrogen) atoms. The summed E-state index contributed by atoms with van der Waals surface area (Å²) < 4.78 is 5.02. The molecule has 1 amide bonds. The Morgan fingerprint density at radius 3 is 2.44 bits per heavy atom. The van der Waals surface area contributed by atoms with Crippen LogP contribution in [0.1, 0.15) is 33.6 Å². The molecule has 0 aliphatic rings. The lowest BCUT2D eigenvalue weighted by Gasteiger charge is -2.22. The van der Waals surface area contributed by atoms with Gasteiger partial charge in [0.2, 0.25) is 0 Å². The fourth-order valence-electron chi connectivity index (χ4n) is 1.08. The summed E-state index contributed by atoms with van der Waals surface area (Å²) in [6.45, 7) is 8.73. The molecule has 0 fully saturated rings. The van der Waals surface area contributed by atoms with Gasteiger partial charge in [0.25, 0.3) is 0 Å². The molecule has 0 bridgehead atoms. The molecular formula is C11H19NO4. The van der Waals surface area contributed by atoms with Crippen LogP contribution >= 0.6 is 0 Å². The maximum atomic E-state index is 11.4. The molecule has 0 heterocycles. The molecule has 0 aliphatic carbocycles. The lowest BCUT2D eigenvalue weighted by Crippen LogP contribution is -2.40. The number of carboxylic acid groups (broad SMARTS) is 1. The number of nitrogens with one attached hydrogen (secondary N) is 1. The van der Waals surface area contributed by atoms with Crippen LogP contribution < -0.4 is 5.32 Å². The van der Waals surface area contributed by atoms with Crippen molar-refractivity contribution < 1.29 is 19.4 Å². The maximum absolute atomic E-state index is 11.4. The first kappa shape index (κ1) is 14.5. The second-order valence-corrected chi connectivity index (χ2v) is 4.47. The second kappa shape index (κ2) is 6.15. The Balaban J connectivity index is 4.22. The van der Waals surface area contributed by atoms with Crippen LogP contribution in [-0.2, 0) is 9.53 Å². The zero-order valence-corrected chi connectivity index (χ0v) is 9.95. The van der Waals surface area contributed by atoms with E-state index < -0.39 is 23.7 Å². The minimum absolute atomic E-state index is 0.148. The molecule has 0 aromatic carbocycles. The lowest BCUT2D eigenvalue weighted by atomic mass is 10.1. The smallest absolute Gasteiger partial charge is 0.407 e. The van der Waals surface area contributed by atoms with E-state index in [-0.39, 0.29) is 6.42 Å². The molecule has 5 heteroatoms. The molecule has 1 unspecified atom stereocenters. The molecule has 0 radical (unpaired) electrons. The van der Waals surface area contributed by atoms with Crippen LogP contribution in [0.15, 0.2) is 12.7 Å². The fraction of sp³-hybridized carbons (Fsp3) is 0.636. The highest BCUT2D eigenvalue weighted by Crippen LogP contribution is 2.08. The number of ether oxygens (including phenoxy) is 1. The van der Waals surface area contributed by atoms with E-state index in [4.69, 9.17) is 9.84 Å². The summed E-state index contributed by atoms with van der Waals surface area (Å²) in [4.78, 5) is 21.9. The number of hydrogen-bond acceptors (Lipinski definition) is 3. The van der Waals surface area contributed by atoms with Crippen molar-refractivity contribution in [3.8, 4) is 0 Å². The Morgan fingerprint density at radius 1 is 1.50 bits per heavy atom. The predicted octanol–water partition coefficient (Wildman–Crippen LogP) is 1.93. The van der Waals surface area contributed by atoms with Gasteiger partial charge in [-0.05, 0) is 27.2 Å². The maximum Gasteiger partial charge on any atom is 0.407 e. The van der Waals surface area contributed by atoms with Gasteiger partial charge in [0.05, 0.1) is 6.42 Å². The zero-order chi connectivity index (χ0) is 12.8. The zero-order valence-electron chi connectivity index (χ0n) is 9.95. The van der Waals surface area contributed by atoms with Gasteiger partial charge in [0, 0.05) is 6.04 Å². The van der Waals surface area contributed by atoms with E-state index in [2.05, 4.69) is 11.9 Å². The molecule has 0 aromatic rings. The average Bonchev–Trinajstić information content (AvgIpc) is 1.98. The third-order valence-electron chi connectivity index (χ3n) is 1.59. The van der Waals surface area contributed by atoms with Crippen LogP contribution in [0.3, 0.4) is 0 Å². The number of amides is 1. The van der Waals surface area contributed by atoms with E-state index in [1.165, 1.54) is 0 Å².